The van der Waals surface area contributed by atoms with Crippen LogP contribution in [-0.2, 0) is 23.1 Å². The summed E-state index contributed by atoms with van der Waals surface area (Å²) in [7, 11) is -1.96. The van der Waals surface area contributed by atoms with Crippen molar-refractivity contribution in [3.8, 4) is 17.2 Å². The summed E-state index contributed by atoms with van der Waals surface area (Å²) < 4.78 is 53.7. The minimum Gasteiger partial charge on any atom is -0.488 e. The zero-order valence-corrected chi connectivity index (χ0v) is 21.3. The summed E-state index contributed by atoms with van der Waals surface area (Å²) >= 11 is 0. The summed E-state index contributed by atoms with van der Waals surface area (Å²) in [5, 5.41) is 11.0. The molecule has 2 aromatic heterocycles. The number of benzene rings is 2. The van der Waals surface area contributed by atoms with Gasteiger partial charge in [-0.3, -0.25) is 9.88 Å². The Bertz CT molecular complexity index is 1590. The molecule has 1 N–H and O–H groups in total. The van der Waals surface area contributed by atoms with Crippen molar-refractivity contribution in [3.63, 3.8) is 0 Å². The SMILES string of the molecule is CN1CC(Oc2cccc([C@H](O)c3cc4c(cn3)CN(S(=O)(=O)c3ccc(-c5ncco5)c(F)c3)C4)c2)C1. The van der Waals surface area contributed by atoms with E-state index in [-0.39, 0.29) is 35.5 Å². The maximum atomic E-state index is 14.7. The molecule has 0 bridgehead atoms. The highest BCUT2D eigenvalue weighted by molar-refractivity contribution is 7.89. The fraction of sp³-hybridized carbons (Fsp3) is 0.259. The summed E-state index contributed by atoms with van der Waals surface area (Å²) in [4.78, 5) is 10.3. The predicted molar refractivity (Wildman–Crippen MR) is 135 cm³/mol. The van der Waals surface area contributed by atoms with E-state index >= 15 is 0 Å². The molecule has 2 aliphatic rings. The molecule has 2 aromatic carbocycles. The van der Waals surface area contributed by atoms with E-state index in [0.717, 1.165) is 30.3 Å². The molecule has 4 aromatic rings. The Morgan fingerprint density at radius 2 is 1.92 bits per heavy atom. The molecule has 38 heavy (non-hydrogen) atoms. The maximum Gasteiger partial charge on any atom is 0.243 e. The molecule has 0 spiro atoms. The number of likely N-dealkylation sites (N-methyl/N-ethyl adjacent to an activating group) is 1. The van der Waals surface area contributed by atoms with Crippen molar-refractivity contribution < 1.29 is 27.1 Å². The molecule has 6 rings (SSSR count). The zero-order valence-electron chi connectivity index (χ0n) is 20.5. The van der Waals surface area contributed by atoms with Crippen LogP contribution in [0, 0.1) is 5.82 Å². The third-order valence-corrected chi connectivity index (χ3v) is 8.61. The molecule has 0 radical (unpaired) electrons. The van der Waals surface area contributed by atoms with Gasteiger partial charge in [-0.25, -0.2) is 17.8 Å². The van der Waals surface area contributed by atoms with Gasteiger partial charge in [0, 0.05) is 32.4 Å². The Morgan fingerprint density at radius 1 is 1.11 bits per heavy atom. The van der Waals surface area contributed by atoms with Crippen LogP contribution in [0.15, 0.2) is 76.5 Å². The van der Waals surface area contributed by atoms with Gasteiger partial charge < -0.3 is 14.3 Å². The number of aliphatic hydroxyl groups is 1. The second-order valence-corrected chi connectivity index (χ2v) is 11.5. The Labute approximate surface area is 219 Å². The van der Waals surface area contributed by atoms with Gasteiger partial charge >= 0.3 is 0 Å². The van der Waals surface area contributed by atoms with Gasteiger partial charge in [-0.2, -0.15) is 4.31 Å². The third-order valence-electron chi connectivity index (χ3n) is 6.83. The number of nitrogens with zero attached hydrogens (tertiary/aromatic N) is 4. The van der Waals surface area contributed by atoms with Crippen molar-refractivity contribution in [2.75, 3.05) is 20.1 Å². The van der Waals surface area contributed by atoms with Crippen LogP contribution in [0.1, 0.15) is 28.5 Å². The molecule has 196 valence electrons. The Morgan fingerprint density at radius 3 is 2.66 bits per heavy atom. The van der Waals surface area contributed by atoms with Gasteiger partial charge in [0.1, 0.15) is 30.0 Å². The number of aromatic nitrogens is 2. The van der Waals surface area contributed by atoms with Gasteiger partial charge in [0.2, 0.25) is 15.9 Å². The molecule has 9 nitrogen and oxygen atoms in total. The lowest BCUT2D eigenvalue weighted by molar-refractivity contribution is 0.0386. The molecular weight excluding hydrogens is 511 g/mol. The number of halogens is 1. The van der Waals surface area contributed by atoms with Crippen LogP contribution in [0.3, 0.4) is 0 Å². The van der Waals surface area contributed by atoms with Crippen molar-refractivity contribution in [1.29, 1.82) is 0 Å². The summed E-state index contributed by atoms with van der Waals surface area (Å²) in [6, 6.07) is 12.6. The smallest absolute Gasteiger partial charge is 0.243 e. The first-order chi connectivity index (χ1) is 18.3. The van der Waals surface area contributed by atoms with E-state index < -0.39 is 21.9 Å². The number of oxazole rings is 1. The third kappa shape index (κ3) is 4.58. The van der Waals surface area contributed by atoms with Crippen LogP contribution in [0.2, 0.25) is 0 Å². The number of sulfonamides is 1. The van der Waals surface area contributed by atoms with Crippen molar-refractivity contribution >= 4 is 10.0 Å². The van der Waals surface area contributed by atoms with Gasteiger partial charge in [-0.15, -0.1) is 0 Å². The van der Waals surface area contributed by atoms with E-state index in [1.165, 1.54) is 28.9 Å². The van der Waals surface area contributed by atoms with E-state index in [1.807, 2.05) is 19.2 Å². The van der Waals surface area contributed by atoms with Gasteiger partial charge in [0.25, 0.3) is 0 Å². The summed E-state index contributed by atoms with van der Waals surface area (Å²) in [6.07, 6.45) is 3.41. The lowest BCUT2D eigenvalue weighted by Gasteiger charge is -2.36. The Kier molecular flexibility index (Phi) is 6.23. The summed E-state index contributed by atoms with van der Waals surface area (Å²) in [5.41, 5.74) is 2.58. The predicted octanol–water partition coefficient (Wildman–Crippen LogP) is 3.35. The van der Waals surface area contributed by atoms with Gasteiger partial charge in [0.05, 0.1) is 22.3 Å². The van der Waals surface area contributed by atoms with Crippen LogP contribution in [0.4, 0.5) is 4.39 Å². The number of hydrogen-bond donors (Lipinski definition) is 1. The van der Waals surface area contributed by atoms with E-state index in [1.54, 1.807) is 24.4 Å². The highest BCUT2D eigenvalue weighted by Crippen LogP contribution is 2.33. The minimum absolute atomic E-state index is 0.0740. The number of pyridine rings is 1. The van der Waals surface area contributed by atoms with Crippen molar-refractivity contribution in [2.45, 2.75) is 30.2 Å². The van der Waals surface area contributed by atoms with E-state index in [2.05, 4.69) is 14.9 Å². The Balaban J connectivity index is 1.19. The highest BCUT2D eigenvalue weighted by Gasteiger charge is 2.32. The van der Waals surface area contributed by atoms with Gasteiger partial charge in [-0.05, 0) is 60.1 Å². The first-order valence-corrected chi connectivity index (χ1v) is 13.5. The second-order valence-electron chi connectivity index (χ2n) is 9.57. The first kappa shape index (κ1) is 24.7. The van der Waals surface area contributed by atoms with Crippen LogP contribution in [0.5, 0.6) is 5.75 Å². The van der Waals surface area contributed by atoms with Crippen molar-refractivity contribution in [1.82, 2.24) is 19.2 Å². The van der Waals surface area contributed by atoms with Crippen LogP contribution in [-0.4, -0.2) is 58.9 Å². The monoisotopic (exact) mass is 536 g/mol. The molecule has 1 atom stereocenters. The molecule has 0 unspecified atom stereocenters. The zero-order chi connectivity index (χ0) is 26.4. The van der Waals surface area contributed by atoms with Crippen LogP contribution < -0.4 is 4.74 Å². The number of ether oxygens (including phenoxy) is 1. The molecule has 1 saturated heterocycles. The van der Waals surface area contributed by atoms with Crippen LogP contribution >= 0.6 is 0 Å². The fourth-order valence-corrected chi connectivity index (χ4v) is 6.17. The second kappa shape index (κ2) is 9.59. The lowest BCUT2D eigenvalue weighted by atomic mass is 10.0. The molecule has 0 saturated carbocycles. The first-order valence-electron chi connectivity index (χ1n) is 12.1. The maximum absolute atomic E-state index is 14.7. The average molecular weight is 537 g/mol. The summed E-state index contributed by atoms with van der Waals surface area (Å²) in [6.45, 7) is 1.90. The van der Waals surface area contributed by atoms with Crippen molar-refractivity contribution in [3.05, 3.63) is 95.4 Å². The topological polar surface area (TPSA) is 109 Å². The molecule has 1 fully saturated rings. The summed E-state index contributed by atoms with van der Waals surface area (Å²) in [5.74, 6) is 0.0111. The largest absolute Gasteiger partial charge is 0.488 e. The number of fused-ring (bicyclic) bond motifs is 1. The van der Waals surface area contributed by atoms with Crippen LogP contribution in [0.25, 0.3) is 11.5 Å². The van der Waals surface area contributed by atoms with E-state index in [0.29, 0.717) is 17.0 Å². The van der Waals surface area contributed by atoms with E-state index in [9.17, 15) is 17.9 Å². The quantitative estimate of drug-likeness (QED) is 0.383. The molecule has 2 aliphatic heterocycles. The van der Waals surface area contributed by atoms with E-state index in [4.69, 9.17) is 9.15 Å². The molecule has 11 heteroatoms. The molecule has 0 amide bonds. The number of aliphatic hydroxyl groups excluding tert-OH is 1. The van der Waals surface area contributed by atoms with Gasteiger partial charge in [-0.1, -0.05) is 12.1 Å². The Hall–Kier alpha value is -3.64. The highest BCUT2D eigenvalue weighted by atomic mass is 32.2. The fourth-order valence-electron chi connectivity index (χ4n) is 4.76. The standard InChI is InChI=1S/C27H25FN4O5S/c1-31-15-21(16-31)37-20-4-2-3-17(9-20)26(33)25-10-18-13-32(14-19(18)12-30-25)38(34,35)22-5-6-23(24(28)11-22)27-29-7-8-36-27/h2-12,21,26,33H,13-16H2,1H3/t26-/m0/s1. The average Bonchev–Trinajstić information content (AvgIpc) is 3.58. The number of likely N-dealkylation sites (tertiary alicyclic amines) is 1. The molecule has 4 heterocycles. The number of rotatable bonds is 7. The minimum atomic E-state index is -3.99. The normalized spacial score (nSPS) is 17.2. The number of hydrogen-bond acceptors (Lipinski definition) is 8. The lowest BCUT2D eigenvalue weighted by Crippen LogP contribution is -2.51. The van der Waals surface area contributed by atoms with Crippen molar-refractivity contribution in [2.24, 2.45) is 0 Å². The molecule has 0 aliphatic carbocycles. The van der Waals surface area contributed by atoms with Gasteiger partial charge in [0.15, 0.2) is 0 Å². The molecular formula is C27H25FN4O5S.